The minimum atomic E-state index is -1.44. The van der Waals surface area contributed by atoms with Gasteiger partial charge in [-0.25, -0.2) is 0 Å². The normalized spacial score (nSPS) is 22.6. The van der Waals surface area contributed by atoms with Crippen molar-refractivity contribution < 1.29 is 34.8 Å². The molecule has 0 saturated carbocycles. The molecule has 4 aromatic rings. The zero-order valence-corrected chi connectivity index (χ0v) is 23.5. The van der Waals surface area contributed by atoms with E-state index in [-0.39, 0.29) is 0 Å². The molecular formula is C32H40N2O7. The van der Waals surface area contributed by atoms with Crippen LogP contribution < -0.4 is 5.48 Å². The summed E-state index contributed by atoms with van der Waals surface area (Å²) >= 11 is 0. The Balaban J connectivity index is 0.000000218. The Bertz CT molecular complexity index is 1370. The van der Waals surface area contributed by atoms with Crippen molar-refractivity contribution in [2.24, 2.45) is 0 Å². The molecule has 0 aromatic heterocycles. The van der Waals surface area contributed by atoms with Crippen molar-refractivity contribution >= 4 is 21.5 Å². The van der Waals surface area contributed by atoms with Crippen LogP contribution in [0.5, 0.6) is 0 Å². The van der Waals surface area contributed by atoms with Crippen LogP contribution >= 0.6 is 0 Å². The first-order chi connectivity index (χ1) is 19.9. The Morgan fingerprint density at radius 3 is 1.90 bits per heavy atom. The van der Waals surface area contributed by atoms with Crippen molar-refractivity contribution in [2.45, 2.75) is 57.6 Å². The van der Waals surface area contributed by atoms with E-state index in [1.54, 1.807) is 6.92 Å². The minimum absolute atomic E-state index is 0.307. The van der Waals surface area contributed by atoms with Gasteiger partial charge in [0.1, 0.15) is 24.4 Å². The number of hydrogen-bond acceptors (Lipinski definition) is 9. The average Bonchev–Trinajstić information content (AvgIpc) is 3.00. The molecule has 1 saturated heterocycles. The number of aliphatic hydroxyl groups is 4. The summed E-state index contributed by atoms with van der Waals surface area (Å²) in [5.74, 6) is 0. The predicted octanol–water partition coefficient (Wildman–Crippen LogP) is 3.27. The fraction of sp³-hybridized carbons (Fsp3) is 0.375. The quantitative estimate of drug-likeness (QED) is 0.146. The monoisotopic (exact) mass is 564 g/mol. The average molecular weight is 565 g/mol. The third-order valence-corrected chi connectivity index (χ3v) is 6.93. The molecule has 0 spiro atoms. The van der Waals surface area contributed by atoms with Gasteiger partial charge in [0.15, 0.2) is 6.23 Å². The van der Waals surface area contributed by atoms with E-state index in [0.29, 0.717) is 19.8 Å². The highest BCUT2D eigenvalue weighted by Gasteiger charge is 2.46. The Morgan fingerprint density at radius 2 is 1.32 bits per heavy atom. The van der Waals surface area contributed by atoms with Crippen LogP contribution in [-0.2, 0) is 27.5 Å². The molecule has 0 radical (unpaired) electrons. The van der Waals surface area contributed by atoms with Crippen molar-refractivity contribution in [3.63, 3.8) is 0 Å². The molecule has 1 heterocycles. The number of nitrogens with zero attached hydrogens (tertiary/aromatic N) is 1. The van der Waals surface area contributed by atoms with Crippen molar-refractivity contribution in [1.29, 1.82) is 0 Å². The molecule has 2 unspecified atom stereocenters. The lowest BCUT2D eigenvalue weighted by atomic mass is 9.98. The zero-order valence-electron chi connectivity index (χ0n) is 23.5. The number of rotatable bonds is 10. The summed E-state index contributed by atoms with van der Waals surface area (Å²) in [6.45, 7) is 5.37. The molecule has 220 valence electrons. The van der Waals surface area contributed by atoms with E-state index in [9.17, 15) is 20.4 Å². The van der Waals surface area contributed by atoms with Gasteiger partial charge in [0.2, 0.25) is 0 Å². The van der Waals surface area contributed by atoms with Crippen molar-refractivity contribution in [3.8, 4) is 0 Å². The summed E-state index contributed by atoms with van der Waals surface area (Å²) in [5, 5.41) is 45.8. The Morgan fingerprint density at radius 1 is 0.732 bits per heavy atom. The molecular weight excluding hydrogens is 524 g/mol. The molecule has 0 aliphatic carbocycles. The van der Waals surface area contributed by atoms with Gasteiger partial charge in [-0.3, -0.25) is 4.84 Å². The molecule has 0 amide bonds. The standard InChI is InChI=1S/C19H25NO6.C13H15NO/c1-2-25-20(19-18(24)17(23)16(22)15(11-21)26-19)10-12-7-8-13-5-3-4-6-14(13)9-12;1-2-15-14-10-11-7-8-12-5-3-4-6-13(12)9-11/h3-9,15-19,21-24H,2,10-11H2,1H3;3-9,14H,2,10H2,1H3/t15?,16-,17+,18?,19-;/m1./s1. The molecule has 1 aliphatic rings. The number of ether oxygens (including phenoxy) is 1. The summed E-state index contributed by atoms with van der Waals surface area (Å²) in [6.07, 6.45) is -6.20. The zero-order chi connectivity index (χ0) is 29.2. The second kappa shape index (κ2) is 15.3. The molecule has 5 rings (SSSR count). The van der Waals surface area contributed by atoms with Gasteiger partial charge < -0.3 is 30.0 Å². The lowest BCUT2D eigenvalue weighted by Gasteiger charge is -2.43. The van der Waals surface area contributed by atoms with Crippen LogP contribution in [0.2, 0.25) is 0 Å². The molecule has 4 aromatic carbocycles. The molecule has 1 fully saturated rings. The molecule has 41 heavy (non-hydrogen) atoms. The first-order valence-corrected chi connectivity index (χ1v) is 13.9. The van der Waals surface area contributed by atoms with E-state index in [2.05, 4.69) is 47.9 Å². The predicted molar refractivity (Wildman–Crippen MR) is 157 cm³/mol. The number of nitrogens with one attached hydrogen (secondary N) is 1. The maximum Gasteiger partial charge on any atom is 0.162 e. The number of benzene rings is 4. The van der Waals surface area contributed by atoms with Crippen LogP contribution in [0.15, 0.2) is 84.9 Å². The van der Waals surface area contributed by atoms with Crippen LogP contribution in [0.1, 0.15) is 25.0 Å². The van der Waals surface area contributed by atoms with Gasteiger partial charge in [-0.1, -0.05) is 72.8 Å². The van der Waals surface area contributed by atoms with Crippen molar-refractivity contribution in [1.82, 2.24) is 10.5 Å². The van der Waals surface area contributed by atoms with E-state index in [0.717, 1.165) is 22.9 Å². The van der Waals surface area contributed by atoms with Gasteiger partial charge in [0.05, 0.1) is 26.4 Å². The minimum Gasteiger partial charge on any atom is -0.394 e. The smallest absolute Gasteiger partial charge is 0.162 e. The highest BCUT2D eigenvalue weighted by Crippen LogP contribution is 2.26. The maximum absolute atomic E-state index is 10.3. The summed E-state index contributed by atoms with van der Waals surface area (Å²) in [6, 6.07) is 28.7. The highest BCUT2D eigenvalue weighted by atomic mass is 16.7. The fourth-order valence-corrected chi connectivity index (χ4v) is 4.80. The number of hydroxylamine groups is 3. The first kappa shape index (κ1) is 31.0. The summed E-state index contributed by atoms with van der Waals surface area (Å²) < 4.78 is 5.60. The second-order valence-electron chi connectivity index (χ2n) is 9.83. The lowest BCUT2D eigenvalue weighted by molar-refractivity contribution is -0.337. The molecule has 5 atom stereocenters. The van der Waals surface area contributed by atoms with Gasteiger partial charge in [-0.05, 0) is 58.7 Å². The largest absolute Gasteiger partial charge is 0.394 e. The third-order valence-electron chi connectivity index (χ3n) is 6.93. The molecule has 9 nitrogen and oxygen atoms in total. The second-order valence-corrected chi connectivity index (χ2v) is 9.83. The maximum atomic E-state index is 10.3. The van der Waals surface area contributed by atoms with Crippen LogP contribution in [0.3, 0.4) is 0 Å². The van der Waals surface area contributed by atoms with E-state index < -0.39 is 37.3 Å². The van der Waals surface area contributed by atoms with Gasteiger partial charge in [0, 0.05) is 6.54 Å². The lowest BCUT2D eigenvalue weighted by Crippen LogP contribution is -2.63. The van der Waals surface area contributed by atoms with Gasteiger partial charge in [-0.15, -0.1) is 0 Å². The van der Waals surface area contributed by atoms with Crippen LogP contribution in [0.4, 0.5) is 0 Å². The van der Waals surface area contributed by atoms with Crippen molar-refractivity contribution in [3.05, 3.63) is 96.1 Å². The summed E-state index contributed by atoms with van der Waals surface area (Å²) in [7, 11) is 0. The molecule has 1 aliphatic heterocycles. The Labute approximate surface area is 240 Å². The topological polar surface area (TPSA) is 124 Å². The molecule has 5 N–H and O–H groups in total. The number of fused-ring (bicyclic) bond motifs is 2. The van der Waals surface area contributed by atoms with Crippen LogP contribution in [0, 0.1) is 0 Å². The first-order valence-electron chi connectivity index (χ1n) is 13.9. The van der Waals surface area contributed by atoms with Crippen molar-refractivity contribution in [2.75, 3.05) is 19.8 Å². The van der Waals surface area contributed by atoms with E-state index in [4.69, 9.17) is 14.4 Å². The van der Waals surface area contributed by atoms with Gasteiger partial charge in [-0.2, -0.15) is 10.5 Å². The SMILES string of the molecule is CCON(Cc1ccc2ccccc2c1)[C@@H]1OC(CO)[C@@H](O)[C@H](O)C1O.CCONCc1ccc2ccccc2c1. The van der Waals surface area contributed by atoms with Gasteiger partial charge >= 0.3 is 0 Å². The molecule has 0 bridgehead atoms. The van der Waals surface area contributed by atoms with E-state index in [1.807, 2.05) is 49.4 Å². The molecule has 9 heteroatoms. The van der Waals surface area contributed by atoms with E-state index in [1.165, 1.54) is 21.4 Å². The summed E-state index contributed by atoms with van der Waals surface area (Å²) in [5.41, 5.74) is 5.09. The third kappa shape index (κ3) is 8.08. The van der Waals surface area contributed by atoms with E-state index >= 15 is 0 Å². The Hall–Kier alpha value is -2.96. The number of hydrogen-bond donors (Lipinski definition) is 5. The highest BCUT2D eigenvalue weighted by molar-refractivity contribution is 5.83. The van der Waals surface area contributed by atoms with Crippen LogP contribution in [0.25, 0.3) is 21.5 Å². The van der Waals surface area contributed by atoms with Crippen LogP contribution in [-0.4, -0.2) is 76.0 Å². The fourth-order valence-electron chi connectivity index (χ4n) is 4.80. The van der Waals surface area contributed by atoms with Gasteiger partial charge in [0.25, 0.3) is 0 Å². The number of aliphatic hydroxyl groups excluding tert-OH is 4. The summed E-state index contributed by atoms with van der Waals surface area (Å²) in [4.78, 5) is 10.7. The Kier molecular flexibility index (Phi) is 11.6.